The van der Waals surface area contributed by atoms with Gasteiger partial charge in [0.2, 0.25) is 0 Å². The second-order valence-electron chi connectivity index (χ2n) is 4.98. The molecule has 0 radical (unpaired) electrons. The number of rotatable bonds is 6. The van der Waals surface area contributed by atoms with E-state index in [0.29, 0.717) is 17.9 Å². The number of hydrogen-bond acceptors (Lipinski definition) is 6. The monoisotopic (exact) mass is 382 g/mol. The zero-order valence-electron chi connectivity index (χ0n) is 13.4. The Hall–Kier alpha value is -2.39. The lowest BCUT2D eigenvalue weighted by Crippen LogP contribution is -2.13. The highest BCUT2D eigenvalue weighted by molar-refractivity contribution is 7.93. The molecule has 0 amide bonds. The standard InChI is InChI=1S/C16H15FN2O4S2/c1-3-23-10-4-6-13-15(8-10)24-16(18-13)19-25(20,21)11-5-7-14(22-2)12(17)9-11/h4-9H,3H2,1-2H3,(H,18,19). The van der Waals surface area contributed by atoms with Crippen LogP contribution < -0.4 is 14.2 Å². The van der Waals surface area contributed by atoms with Gasteiger partial charge in [-0.1, -0.05) is 11.3 Å². The molecular formula is C16H15FN2O4S2. The van der Waals surface area contributed by atoms with Gasteiger partial charge in [-0.25, -0.2) is 17.8 Å². The van der Waals surface area contributed by atoms with Crippen LogP contribution >= 0.6 is 11.3 Å². The molecule has 3 rings (SSSR count). The summed E-state index contributed by atoms with van der Waals surface area (Å²) in [5, 5.41) is 0.194. The minimum Gasteiger partial charge on any atom is -0.494 e. The summed E-state index contributed by atoms with van der Waals surface area (Å²) >= 11 is 1.17. The molecule has 0 saturated heterocycles. The number of benzene rings is 2. The Labute approximate surface area is 148 Å². The van der Waals surface area contributed by atoms with E-state index in [0.717, 1.165) is 10.8 Å². The van der Waals surface area contributed by atoms with Crippen molar-refractivity contribution in [3.8, 4) is 11.5 Å². The van der Waals surface area contributed by atoms with Crippen molar-refractivity contribution in [3.05, 3.63) is 42.2 Å². The van der Waals surface area contributed by atoms with Gasteiger partial charge in [-0.2, -0.15) is 0 Å². The van der Waals surface area contributed by atoms with E-state index in [4.69, 9.17) is 9.47 Å². The van der Waals surface area contributed by atoms with Crippen LogP contribution in [0.2, 0.25) is 0 Å². The molecule has 1 N–H and O–H groups in total. The second kappa shape index (κ2) is 6.85. The molecule has 9 heteroatoms. The van der Waals surface area contributed by atoms with Crippen LogP contribution in [0.3, 0.4) is 0 Å². The molecule has 0 fully saturated rings. The van der Waals surface area contributed by atoms with Crippen LogP contribution in [0.15, 0.2) is 41.3 Å². The first-order valence-electron chi connectivity index (χ1n) is 7.32. The van der Waals surface area contributed by atoms with Crippen LogP contribution in [-0.2, 0) is 10.0 Å². The Morgan fingerprint density at radius 3 is 2.72 bits per heavy atom. The summed E-state index contributed by atoms with van der Waals surface area (Å²) < 4.78 is 52.0. The van der Waals surface area contributed by atoms with Gasteiger partial charge in [0, 0.05) is 0 Å². The quantitative estimate of drug-likeness (QED) is 0.704. The van der Waals surface area contributed by atoms with E-state index in [9.17, 15) is 12.8 Å². The van der Waals surface area contributed by atoms with Crippen molar-refractivity contribution in [2.45, 2.75) is 11.8 Å². The first kappa shape index (κ1) is 17.4. The molecule has 2 aromatic carbocycles. The highest BCUT2D eigenvalue weighted by Crippen LogP contribution is 2.31. The third kappa shape index (κ3) is 3.67. The molecule has 1 heterocycles. The molecule has 0 unspecified atom stereocenters. The number of thiazole rings is 1. The summed E-state index contributed by atoms with van der Waals surface area (Å²) in [6.07, 6.45) is 0. The Kier molecular flexibility index (Phi) is 4.78. The molecule has 6 nitrogen and oxygen atoms in total. The zero-order chi connectivity index (χ0) is 18.0. The Morgan fingerprint density at radius 1 is 1.24 bits per heavy atom. The van der Waals surface area contributed by atoms with Crippen molar-refractivity contribution in [1.82, 2.24) is 4.98 Å². The summed E-state index contributed by atoms with van der Waals surface area (Å²) in [6, 6.07) is 8.74. The van der Waals surface area contributed by atoms with Crippen molar-refractivity contribution in [2.24, 2.45) is 0 Å². The van der Waals surface area contributed by atoms with Gasteiger partial charge in [-0.15, -0.1) is 0 Å². The average molecular weight is 382 g/mol. The largest absolute Gasteiger partial charge is 0.494 e. The lowest BCUT2D eigenvalue weighted by Gasteiger charge is -2.07. The van der Waals surface area contributed by atoms with Gasteiger partial charge in [-0.05, 0) is 43.3 Å². The van der Waals surface area contributed by atoms with Crippen molar-refractivity contribution < 1.29 is 22.3 Å². The van der Waals surface area contributed by atoms with Crippen LogP contribution in [0.25, 0.3) is 10.2 Å². The maximum absolute atomic E-state index is 13.8. The van der Waals surface area contributed by atoms with Gasteiger partial charge >= 0.3 is 0 Å². The van der Waals surface area contributed by atoms with Gasteiger partial charge < -0.3 is 9.47 Å². The summed E-state index contributed by atoms with van der Waals surface area (Å²) in [5.41, 5.74) is 0.645. The number of nitrogens with zero attached hydrogens (tertiary/aromatic N) is 1. The van der Waals surface area contributed by atoms with Crippen molar-refractivity contribution >= 4 is 36.7 Å². The average Bonchev–Trinajstić information content (AvgIpc) is 2.95. The molecule has 3 aromatic rings. The van der Waals surface area contributed by atoms with Crippen molar-refractivity contribution in [3.63, 3.8) is 0 Å². The number of nitrogens with one attached hydrogen (secondary N) is 1. The van der Waals surface area contributed by atoms with E-state index in [1.165, 1.54) is 30.6 Å². The minimum absolute atomic E-state index is 0.0256. The molecule has 25 heavy (non-hydrogen) atoms. The SMILES string of the molecule is CCOc1ccc2nc(NS(=O)(=O)c3ccc(OC)c(F)c3)sc2c1. The predicted octanol–water partition coefficient (Wildman–Crippen LogP) is 3.64. The molecule has 0 spiro atoms. The molecule has 0 aliphatic heterocycles. The number of fused-ring (bicyclic) bond motifs is 1. The van der Waals surface area contributed by atoms with E-state index in [2.05, 4.69) is 9.71 Å². The van der Waals surface area contributed by atoms with Gasteiger partial charge in [0.15, 0.2) is 16.7 Å². The number of halogens is 1. The van der Waals surface area contributed by atoms with Crippen molar-refractivity contribution in [2.75, 3.05) is 18.4 Å². The minimum atomic E-state index is -3.96. The molecule has 0 aliphatic carbocycles. The molecule has 0 aliphatic rings. The Bertz CT molecular complexity index is 1020. The first-order chi connectivity index (χ1) is 11.9. The second-order valence-corrected chi connectivity index (χ2v) is 7.70. The number of aromatic nitrogens is 1. The van der Waals surface area contributed by atoms with Gasteiger partial charge in [-0.3, -0.25) is 4.72 Å². The van der Waals surface area contributed by atoms with Gasteiger partial charge in [0.05, 0.1) is 28.8 Å². The van der Waals surface area contributed by atoms with Crippen LogP contribution in [0.5, 0.6) is 11.5 Å². The molecular weight excluding hydrogens is 367 g/mol. The van der Waals surface area contributed by atoms with E-state index >= 15 is 0 Å². The van der Waals surface area contributed by atoms with E-state index in [1.807, 2.05) is 6.92 Å². The van der Waals surface area contributed by atoms with Crippen molar-refractivity contribution in [1.29, 1.82) is 0 Å². The summed E-state index contributed by atoms with van der Waals surface area (Å²) in [4.78, 5) is 4.03. The smallest absolute Gasteiger partial charge is 0.263 e. The maximum Gasteiger partial charge on any atom is 0.263 e. The molecule has 132 valence electrons. The topological polar surface area (TPSA) is 77.5 Å². The van der Waals surface area contributed by atoms with Crippen LogP contribution in [0, 0.1) is 5.82 Å². The van der Waals surface area contributed by atoms with Crippen LogP contribution in [0.1, 0.15) is 6.92 Å². The first-order valence-corrected chi connectivity index (χ1v) is 9.62. The molecule has 1 aromatic heterocycles. The summed E-state index contributed by atoms with van der Waals surface area (Å²) in [5.74, 6) is -0.0938. The van der Waals surface area contributed by atoms with Crippen LogP contribution in [0.4, 0.5) is 9.52 Å². The third-order valence-corrected chi connectivity index (χ3v) is 5.73. The number of methoxy groups -OCH3 is 1. The number of hydrogen-bond donors (Lipinski definition) is 1. The third-order valence-electron chi connectivity index (χ3n) is 3.33. The Morgan fingerprint density at radius 2 is 2.04 bits per heavy atom. The van der Waals surface area contributed by atoms with Gasteiger partial charge in [0.1, 0.15) is 5.75 Å². The lowest BCUT2D eigenvalue weighted by atomic mass is 10.3. The van der Waals surface area contributed by atoms with E-state index in [1.54, 1.807) is 18.2 Å². The van der Waals surface area contributed by atoms with Crippen LogP contribution in [-0.4, -0.2) is 27.1 Å². The normalized spacial score (nSPS) is 11.5. The number of sulfonamides is 1. The molecule has 0 atom stereocenters. The Balaban J connectivity index is 1.90. The highest BCUT2D eigenvalue weighted by atomic mass is 32.2. The number of ether oxygens (including phenoxy) is 2. The highest BCUT2D eigenvalue weighted by Gasteiger charge is 2.19. The summed E-state index contributed by atoms with van der Waals surface area (Å²) in [6.45, 7) is 2.41. The van der Waals surface area contributed by atoms with E-state index in [-0.39, 0.29) is 15.8 Å². The lowest BCUT2D eigenvalue weighted by molar-refractivity contribution is 0.341. The fraction of sp³-hybridized carbons (Fsp3) is 0.188. The van der Waals surface area contributed by atoms with Gasteiger partial charge in [0.25, 0.3) is 10.0 Å². The maximum atomic E-state index is 13.8. The number of anilines is 1. The molecule has 0 bridgehead atoms. The fourth-order valence-electron chi connectivity index (χ4n) is 2.19. The van der Waals surface area contributed by atoms with E-state index < -0.39 is 15.8 Å². The molecule has 0 saturated carbocycles. The zero-order valence-corrected chi connectivity index (χ0v) is 15.1. The fourth-order valence-corrected chi connectivity index (χ4v) is 4.33. The predicted molar refractivity (Wildman–Crippen MR) is 94.5 cm³/mol. The summed E-state index contributed by atoms with van der Waals surface area (Å²) in [7, 11) is -2.65.